The molecule has 2 atom stereocenters. The van der Waals surface area contributed by atoms with Crippen molar-refractivity contribution >= 4 is 12.3 Å². The molecule has 4 heteroatoms. The van der Waals surface area contributed by atoms with Gasteiger partial charge in [-0.1, -0.05) is 23.8 Å². The van der Waals surface area contributed by atoms with Crippen LogP contribution in [0.2, 0.25) is 0 Å². The average Bonchev–Trinajstić information content (AvgIpc) is 2.35. The number of ketones is 1. The Labute approximate surface area is 104 Å². The molecule has 18 heavy (non-hydrogen) atoms. The minimum absolute atomic E-state index is 0.188. The first-order chi connectivity index (χ1) is 8.67. The second-order valence-electron chi connectivity index (χ2n) is 3.89. The Morgan fingerprint density at radius 1 is 1.44 bits per heavy atom. The maximum atomic E-state index is 12.1. The van der Waals surface area contributed by atoms with Crippen LogP contribution in [0.5, 0.6) is 0 Å². The highest BCUT2D eigenvalue weighted by molar-refractivity contribution is 6.06. The van der Waals surface area contributed by atoms with Gasteiger partial charge in [0.2, 0.25) is 5.78 Å². The lowest BCUT2D eigenvalue weighted by atomic mass is 9.81. The van der Waals surface area contributed by atoms with E-state index >= 15 is 0 Å². The van der Waals surface area contributed by atoms with Gasteiger partial charge in [0, 0.05) is 5.57 Å². The molecular weight excluding hydrogens is 232 g/mol. The van der Waals surface area contributed by atoms with E-state index < -0.39 is 17.5 Å². The standard InChI is InChI=1S/C14H10O4/c15-10-18-12-7-3-1-2-4-8-14(17)9-5-6-11(12)13(14)16/h1-2,6,10,12,17H,5,9H2/b2-1-. The number of hydrogen-bond acceptors (Lipinski definition) is 4. The van der Waals surface area contributed by atoms with Crippen LogP contribution in [0.15, 0.2) is 23.8 Å². The monoisotopic (exact) mass is 242 g/mol. The number of aliphatic hydroxyl groups is 1. The Kier molecular flexibility index (Phi) is 3.32. The zero-order chi connectivity index (χ0) is 13.0. The van der Waals surface area contributed by atoms with E-state index in [4.69, 9.17) is 4.74 Å². The molecule has 2 aliphatic rings. The summed E-state index contributed by atoms with van der Waals surface area (Å²) in [6.07, 6.45) is 4.31. The molecule has 0 spiro atoms. The fourth-order valence-electron chi connectivity index (χ4n) is 1.84. The van der Waals surface area contributed by atoms with Crippen molar-refractivity contribution in [1.29, 1.82) is 0 Å². The summed E-state index contributed by atoms with van der Waals surface area (Å²) in [5.74, 6) is 9.84. The van der Waals surface area contributed by atoms with Crippen molar-refractivity contribution in [3.63, 3.8) is 0 Å². The number of ether oxygens (including phenoxy) is 1. The third kappa shape index (κ3) is 2.20. The molecule has 0 saturated heterocycles. The molecular formula is C14H10O4. The molecule has 0 aromatic rings. The Balaban J connectivity index is 2.50. The molecule has 0 aromatic heterocycles. The van der Waals surface area contributed by atoms with E-state index in [1.165, 1.54) is 12.2 Å². The van der Waals surface area contributed by atoms with Crippen LogP contribution in [0, 0.1) is 23.7 Å². The minimum atomic E-state index is -1.71. The molecule has 2 aliphatic carbocycles. The van der Waals surface area contributed by atoms with Crippen LogP contribution in [0.3, 0.4) is 0 Å². The number of fused-ring (bicyclic) bond motifs is 2. The molecule has 0 heterocycles. The van der Waals surface area contributed by atoms with Crippen molar-refractivity contribution in [2.45, 2.75) is 24.5 Å². The molecule has 0 amide bonds. The molecule has 0 fully saturated rings. The topological polar surface area (TPSA) is 63.6 Å². The summed E-state index contributed by atoms with van der Waals surface area (Å²) in [5.41, 5.74) is -1.52. The molecule has 2 unspecified atom stereocenters. The fraction of sp³-hybridized carbons (Fsp3) is 0.286. The molecule has 90 valence electrons. The maximum Gasteiger partial charge on any atom is 0.294 e. The summed E-state index contributed by atoms with van der Waals surface area (Å²) in [5, 5.41) is 10.2. The van der Waals surface area contributed by atoms with Gasteiger partial charge in [-0.3, -0.25) is 9.59 Å². The van der Waals surface area contributed by atoms with E-state index in [9.17, 15) is 14.7 Å². The number of Topliss-reactive ketones (excluding diaryl/α,β-unsaturated/α-hetero) is 1. The van der Waals surface area contributed by atoms with Gasteiger partial charge in [0.15, 0.2) is 11.7 Å². The Bertz CT molecular complexity index is 562. The van der Waals surface area contributed by atoms with Gasteiger partial charge in [-0.15, -0.1) is 0 Å². The summed E-state index contributed by atoms with van der Waals surface area (Å²) in [6, 6.07) is 0. The molecule has 4 nitrogen and oxygen atoms in total. The molecule has 1 N–H and O–H groups in total. The number of rotatable bonds is 2. The second kappa shape index (κ2) is 4.91. The van der Waals surface area contributed by atoms with Gasteiger partial charge in [-0.05, 0) is 30.9 Å². The van der Waals surface area contributed by atoms with Crippen LogP contribution in [-0.4, -0.2) is 29.1 Å². The lowest BCUT2D eigenvalue weighted by Gasteiger charge is -2.27. The van der Waals surface area contributed by atoms with Gasteiger partial charge in [0.05, 0.1) is 0 Å². The van der Waals surface area contributed by atoms with Crippen molar-refractivity contribution in [2.75, 3.05) is 0 Å². The lowest BCUT2D eigenvalue weighted by Crippen LogP contribution is -2.43. The van der Waals surface area contributed by atoms with Gasteiger partial charge in [-0.25, -0.2) is 0 Å². The molecule has 2 rings (SSSR count). The van der Waals surface area contributed by atoms with Crippen LogP contribution in [0.4, 0.5) is 0 Å². The van der Waals surface area contributed by atoms with Crippen molar-refractivity contribution in [2.24, 2.45) is 0 Å². The van der Waals surface area contributed by atoms with Gasteiger partial charge < -0.3 is 9.84 Å². The van der Waals surface area contributed by atoms with E-state index in [-0.39, 0.29) is 18.5 Å². The maximum absolute atomic E-state index is 12.1. The van der Waals surface area contributed by atoms with E-state index in [1.807, 2.05) is 0 Å². The van der Waals surface area contributed by atoms with E-state index in [0.717, 1.165) is 0 Å². The van der Waals surface area contributed by atoms with E-state index in [1.54, 1.807) is 6.08 Å². The third-order valence-electron chi connectivity index (χ3n) is 2.73. The highest BCUT2D eigenvalue weighted by Crippen LogP contribution is 2.27. The first kappa shape index (κ1) is 12.2. The quantitative estimate of drug-likeness (QED) is 0.552. The van der Waals surface area contributed by atoms with Crippen LogP contribution in [0.25, 0.3) is 0 Å². The molecule has 2 bridgehead atoms. The number of allylic oxidation sites excluding steroid dienone is 3. The first-order valence-electron chi connectivity index (χ1n) is 5.42. The Morgan fingerprint density at radius 2 is 2.22 bits per heavy atom. The highest BCUT2D eigenvalue weighted by atomic mass is 16.5. The van der Waals surface area contributed by atoms with Gasteiger partial charge in [0.25, 0.3) is 6.47 Å². The van der Waals surface area contributed by atoms with Crippen LogP contribution in [0.1, 0.15) is 12.8 Å². The van der Waals surface area contributed by atoms with E-state index in [0.29, 0.717) is 6.42 Å². The average molecular weight is 242 g/mol. The minimum Gasteiger partial charge on any atom is -0.446 e. The molecule has 0 aromatic carbocycles. The fourth-order valence-corrected chi connectivity index (χ4v) is 1.84. The summed E-state index contributed by atoms with van der Waals surface area (Å²) in [7, 11) is 0. The lowest BCUT2D eigenvalue weighted by molar-refractivity contribution is -0.134. The van der Waals surface area contributed by atoms with Gasteiger partial charge in [-0.2, -0.15) is 0 Å². The number of carbonyl (C=O) groups excluding carboxylic acids is 2. The molecule has 0 radical (unpaired) electrons. The second-order valence-corrected chi connectivity index (χ2v) is 3.89. The van der Waals surface area contributed by atoms with Crippen molar-refractivity contribution < 1.29 is 19.4 Å². The highest BCUT2D eigenvalue weighted by Gasteiger charge is 2.41. The van der Waals surface area contributed by atoms with Gasteiger partial charge >= 0.3 is 0 Å². The van der Waals surface area contributed by atoms with Crippen LogP contribution in [-0.2, 0) is 14.3 Å². The van der Waals surface area contributed by atoms with Crippen molar-refractivity contribution in [3.8, 4) is 23.7 Å². The number of hydrogen-bond donors (Lipinski definition) is 1. The normalized spacial score (nSPS) is 30.8. The summed E-state index contributed by atoms with van der Waals surface area (Å²) in [4.78, 5) is 22.6. The van der Waals surface area contributed by atoms with Crippen molar-refractivity contribution in [1.82, 2.24) is 0 Å². The zero-order valence-corrected chi connectivity index (χ0v) is 9.47. The summed E-state index contributed by atoms with van der Waals surface area (Å²) in [6.45, 7) is 0.238. The Morgan fingerprint density at radius 3 is 3.00 bits per heavy atom. The van der Waals surface area contributed by atoms with Crippen LogP contribution >= 0.6 is 0 Å². The summed E-state index contributed by atoms with van der Waals surface area (Å²) >= 11 is 0. The zero-order valence-electron chi connectivity index (χ0n) is 9.47. The predicted molar refractivity (Wildman–Crippen MR) is 62.9 cm³/mol. The number of carbonyl (C=O) groups is 2. The SMILES string of the molecule is O=COC1C#C/C=C\C#CC2(O)CCC=C1C2=O. The van der Waals surface area contributed by atoms with Gasteiger partial charge in [0.1, 0.15) is 0 Å². The first-order valence-corrected chi connectivity index (χ1v) is 5.42. The largest absolute Gasteiger partial charge is 0.446 e. The summed E-state index contributed by atoms with van der Waals surface area (Å²) < 4.78 is 4.78. The predicted octanol–water partition coefficient (Wildman–Crippen LogP) is 0.125. The molecule has 0 aliphatic heterocycles. The third-order valence-corrected chi connectivity index (χ3v) is 2.73. The van der Waals surface area contributed by atoms with E-state index in [2.05, 4.69) is 23.7 Å². The Hall–Kier alpha value is -2.30. The van der Waals surface area contributed by atoms with Crippen molar-refractivity contribution in [3.05, 3.63) is 23.8 Å². The smallest absolute Gasteiger partial charge is 0.294 e. The molecule has 0 saturated carbocycles. The van der Waals surface area contributed by atoms with Crippen LogP contribution < -0.4 is 0 Å².